The van der Waals surface area contributed by atoms with Crippen LogP contribution in [-0.2, 0) is 11.8 Å². The molecular formula is C17H25N3. The lowest BCUT2D eigenvalue weighted by Gasteiger charge is -2.56. The van der Waals surface area contributed by atoms with E-state index in [2.05, 4.69) is 5.10 Å². The molecular weight excluding hydrogens is 246 g/mol. The highest BCUT2D eigenvalue weighted by atomic mass is 15.1. The predicted molar refractivity (Wildman–Crippen MR) is 78.6 cm³/mol. The van der Waals surface area contributed by atoms with Crippen LogP contribution in [0.4, 0.5) is 0 Å². The maximum absolute atomic E-state index is 6.03. The summed E-state index contributed by atoms with van der Waals surface area (Å²) in [7, 11) is 0. The van der Waals surface area contributed by atoms with Gasteiger partial charge in [0, 0.05) is 22.6 Å². The van der Waals surface area contributed by atoms with Crippen LogP contribution in [-0.4, -0.2) is 16.7 Å². The Morgan fingerprint density at radius 1 is 1.10 bits per heavy atom. The Morgan fingerprint density at radius 2 is 1.75 bits per heavy atom. The predicted octanol–water partition coefficient (Wildman–Crippen LogP) is 2.87. The van der Waals surface area contributed by atoms with Crippen LogP contribution >= 0.6 is 0 Å². The molecule has 3 heteroatoms. The van der Waals surface area contributed by atoms with Crippen molar-refractivity contribution in [1.29, 1.82) is 0 Å². The first-order valence-corrected chi connectivity index (χ1v) is 8.55. The Balaban J connectivity index is 1.61. The zero-order valence-corrected chi connectivity index (χ0v) is 12.2. The fourth-order valence-corrected chi connectivity index (χ4v) is 6.52. The molecule has 1 unspecified atom stereocenters. The van der Waals surface area contributed by atoms with Gasteiger partial charge in [-0.3, -0.25) is 5.10 Å². The van der Waals surface area contributed by atoms with Crippen molar-refractivity contribution in [1.82, 2.24) is 10.2 Å². The van der Waals surface area contributed by atoms with Crippen LogP contribution in [0, 0.1) is 17.8 Å². The van der Waals surface area contributed by atoms with Gasteiger partial charge in [0.2, 0.25) is 0 Å². The lowest BCUT2D eigenvalue weighted by molar-refractivity contribution is -0.00772. The smallest absolute Gasteiger partial charge is 0.0722 e. The number of rotatable bonds is 2. The molecule has 0 aliphatic heterocycles. The van der Waals surface area contributed by atoms with Gasteiger partial charge in [0.15, 0.2) is 0 Å². The van der Waals surface area contributed by atoms with E-state index in [1.165, 1.54) is 56.3 Å². The topological polar surface area (TPSA) is 54.7 Å². The highest BCUT2D eigenvalue weighted by molar-refractivity contribution is 5.40. The third-order valence-corrected chi connectivity index (χ3v) is 6.86. The molecule has 6 rings (SSSR count). The van der Waals surface area contributed by atoms with E-state index in [1.807, 2.05) is 0 Å². The monoisotopic (exact) mass is 271 g/mol. The third kappa shape index (κ3) is 1.42. The number of nitrogens with zero attached hydrogens (tertiary/aromatic N) is 1. The van der Waals surface area contributed by atoms with Crippen LogP contribution in [0.5, 0.6) is 0 Å². The van der Waals surface area contributed by atoms with Gasteiger partial charge in [-0.1, -0.05) is 0 Å². The third-order valence-electron chi connectivity index (χ3n) is 6.86. The maximum atomic E-state index is 6.03. The largest absolute Gasteiger partial charge is 0.330 e. The van der Waals surface area contributed by atoms with E-state index in [4.69, 9.17) is 10.8 Å². The number of aromatic nitrogens is 2. The van der Waals surface area contributed by atoms with Gasteiger partial charge >= 0.3 is 0 Å². The second-order valence-corrected chi connectivity index (χ2v) is 8.13. The molecule has 1 aromatic rings. The van der Waals surface area contributed by atoms with Gasteiger partial charge in [0.1, 0.15) is 0 Å². The van der Waals surface area contributed by atoms with E-state index in [0.29, 0.717) is 11.3 Å². The average Bonchev–Trinajstić information content (AvgIpc) is 2.97. The molecule has 5 aliphatic rings. The summed E-state index contributed by atoms with van der Waals surface area (Å²) < 4.78 is 0. The molecule has 4 fully saturated rings. The zero-order chi connectivity index (χ0) is 13.3. The fraction of sp³-hybridized carbons (Fsp3) is 0.824. The van der Waals surface area contributed by atoms with Gasteiger partial charge in [-0.15, -0.1) is 0 Å². The van der Waals surface area contributed by atoms with E-state index in [-0.39, 0.29) is 0 Å². The molecule has 0 radical (unpaired) electrons. The SMILES string of the molecule is NCC1CCc2[nH]nc(C34CC5CC(CC(C5)C3)C4)c21. The van der Waals surface area contributed by atoms with Crippen molar-refractivity contribution < 1.29 is 0 Å². The lowest BCUT2D eigenvalue weighted by atomic mass is 9.48. The van der Waals surface area contributed by atoms with Gasteiger partial charge in [-0.25, -0.2) is 0 Å². The standard InChI is InChI=1S/C17H25N3/c18-9-13-1-2-14-15(13)16(20-19-14)17-6-10-3-11(7-17)5-12(4-10)8-17/h10-13H,1-9,18H2,(H,19,20). The molecule has 1 heterocycles. The molecule has 0 spiro atoms. The Hall–Kier alpha value is -0.830. The summed E-state index contributed by atoms with van der Waals surface area (Å²) in [6.45, 7) is 0.798. The number of aromatic amines is 1. The summed E-state index contributed by atoms with van der Waals surface area (Å²) in [6.07, 6.45) is 11.1. The van der Waals surface area contributed by atoms with Crippen molar-refractivity contribution in [3.05, 3.63) is 17.0 Å². The number of nitrogens with one attached hydrogen (secondary N) is 1. The van der Waals surface area contributed by atoms with E-state index in [1.54, 1.807) is 5.56 Å². The fourth-order valence-electron chi connectivity index (χ4n) is 6.52. The quantitative estimate of drug-likeness (QED) is 0.869. The lowest BCUT2D eigenvalue weighted by Crippen LogP contribution is -2.49. The summed E-state index contributed by atoms with van der Waals surface area (Å²) in [4.78, 5) is 0. The number of H-pyrrole nitrogens is 1. The summed E-state index contributed by atoms with van der Waals surface area (Å²) in [5.74, 6) is 3.55. The van der Waals surface area contributed by atoms with Crippen LogP contribution in [0.25, 0.3) is 0 Å². The van der Waals surface area contributed by atoms with Crippen molar-refractivity contribution in [2.75, 3.05) is 6.54 Å². The Kier molecular flexibility index (Phi) is 2.29. The highest BCUT2D eigenvalue weighted by Gasteiger charge is 2.54. The molecule has 0 aromatic carbocycles. The Labute approximate surface area is 120 Å². The minimum Gasteiger partial charge on any atom is -0.330 e. The zero-order valence-electron chi connectivity index (χ0n) is 12.2. The molecule has 108 valence electrons. The van der Waals surface area contributed by atoms with Crippen molar-refractivity contribution in [3.63, 3.8) is 0 Å². The molecule has 0 saturated heterocycles. The van der Waals surface area contributed by atoms with E-state index >= 15 is 0 Å². The van der Waals surface area contributed by atoms with Crippen molar-refractivity contribution in [3.8, 4) is 0 Å². The number of nitrogens with two attached hydrogens (primary N) is 1. The van der Waals surface area contributed by atoms with Crippen LogP contribution in [0.3, 0.4) is 0 Å². The number of fused-ring (bicyclic) bond motifs is 1. The molecule has 20 heavy (non-hydrogen) atoms. The first-order valence-electron chi connectivity index (χ1n) is 8.55. The second kappa shape index (κ2) is 3.88. The second-order valence-electron chi connectivity index (χ2n) is 8.13. The van der Waals surface area contributed by atoms with E-state index in [9.17, 15) is 0 Å². The maximum Gasteiger partial charge on any atom is 0.0722 e. The van der Waals surface area contributed by atoms with Gasteiger partial charge in [0.05, 0.1) is 5.69 Å². The molecule has 0 amide bonds. The number of hydrogen-bond acceptors (Lipinski definition) is 2. The Bertz CT molecular complexity index is 509. The summed E-state index contributed by atoms with van der Waals surface area (Å²) in [5, 5.41) is 8.22. The first-order chi connectivity index (χ1) is 9.77. The molecule has 3 nitrogen and oxygen atoms in total. The van der Waals surface area contributed by atoms with Crippen LogP contribution < -0.4 is 5.73 Å². The minimum absolute atomic E-state index is 0.427. The molecule has 5 aliphatic carbocycles. The van der Waals surface area contributed by atoms with Crippen LogP contribution in [0.1, 0.15) is 67.8 Å². The van der Waals surface area contributed by atoms with Crippen molar-refractivity contribution in [2.24, 2.45) is 23.5 Å². The van der Waals surface area contributed by atoms with Gasteiger partial charge in [-0.2, -0.15) is 5.10 Å². The summed E-state index contributed by atoms with van der Waals surface area (Å²) >= 11 is 0. The van der Waals surface area contributed by atoms with Gasteiger partial charge in [-0.05, 0) is 75.7 Å². The molecule has 4 bridgehead atoms. The number of aryl methyl sites for hydroxylation is 1. The van der Waals surface area contributed by atoms with Gasteiger partial charge in [0.25, 0.3) is 0 Å². The van der Waals surface area contributed by atoms with Crippen molar-refractivity contribution in [2.45, 2.75) is 62.7 Å². The number of hydrogen-bond donors (Lipinski definition) is 2. The highest BCUT2D eigenvalue weighted by Crippen LogP contribution is 2.61. The van der Waals surface area contributed by atoms with E-state index < -0.39 is 0 Å². The Morgan fingerprint density at radius 3 is 2.35 bits per heavy atom. The molecule has 1 aromatic heterocycles. The minimum atomic E-state index is 0.427. The first kappa shape index (κ1) is 11.8. The summed E-state index contributed by atoms with van der Waals surface area (Å²) in [5.41, 5.74) is 10.9. The van der Waals surface area contributed by atoms with E-state index in [0.717, 1.165) is 30.7 Å². The van der Waals surface area contributed by atoms with Gasteiger partial charge < -0.3 is 5.73 Å². The molecule has 1 atom stereocenters. The normalized spacial score (nSPS) is 45.0. The van der Waals surface area contributed by atoms with Crippen LogP contribution in [0.15, 0.2) is 0 Å². The van der Waals surface area contributed by atoms with Crippen molar-refractivity contribution >= 4 is 0 Å². The average molecular weight is 271 g/mol. The molecule has 3 N–H and O–H groups in total. The van der Waals surface area contributed by atoms with Crippen LogP contribution in [0.2, 0.25) is 0 Å². The molecule has 4 saturated carbocycles. The summed E-state index contributed by atoms with van der Waals surface area (Å²) in [6, 6.07) is 0.